The molecule has 0 unspecified atom stereocenters. The van der Waals surface area contributed by atoms with Crippen LogP contribution in [0.2, 0.25) is 0 Å². The number of likely N-dealkylation sites (tertiary alicyclic amines) is 1. The molecule has 0 amide bonds. The van der Waals surface area contributed by atoms with Crippen molar-refractivity contribution in [1.82, 2.24) is 4.90 Å². The molecule has 1 heterocycles. The topological polar surface area (TPSA) is 12.5 Å². The van der Waals surface area contributed by atoms with E-state index < -0.39 is 0 Å². The van der Waals surface area contributed by atoms with Gasteiger partial charge in [-0.25, -0.2) is 0 Å². The lowest BCUT2D eigenvalue weighted by molar-refractivity contribution is -0.0669. The van der Waals surface area contributed by atoms with E-state index in [1.165, 1.54) is 5.56 Å². The summed E-state index contributed by atoms with van der Waals surface area (Å²) in [6.07, 6.45) is 2.15. The van der Waals surface area contributed by atoms with Crippen LogP contribution in [0.25, 0.3) is 0 Å². The molecule has 0 aromatic heterocycles. The minimum atomic E-state index is -0.0912. The zero-order valence-corrected chi connectivity index (χ0v) is 13.0. The Labute approximate surface area is 118 Å². The van der Waals surface area contributed by atoms with Gasteiger partial charge in [0.05, 0.1) is 5.60 Å². The first kappa shape index (κ1) is 14.0. The molecule has 2 nitrogen and oxygen atoms in total. The number of halogens is 1. The van der Waals surface area contributed by atoms with Crippen molar-refractivity contribution in [2.45, 2.75) is 38.3 Å². The summed E-state index contributed by atoms with van der Waals surface area (Å²) >= 11 is 3.49. The standard InChI is InChI=1S/C15H22BrNO/c1-12(2)17-10-8-15(18-3,9-11-17)13-4-6-14(16)7-5-13/h4-7,12H,8-11H2,1-3H3. The van der Waals surface area contributed by atoms with Crippen molar-refractivity contribution < 1.29 is 4.74 Å². The molecule has 1 aromatic rings. The normalized spacial score (nSPS) is 20.3. The minimum absolute atomic E-state index is 0.0912. The van der Waals surface area contributed by atoms with Crippen LogP contribution in [0.4, 0.5) is 0 Å². The number of rotatable bonds is 3. The molecule has 1 saturated heterocycles. The van der Waals surface area contributed by atoms with E-state index in [0.29, 0.717) is 6.04 Å². The molecule has 1 aliphatic heterocycles. The number of piperidine rings is 1. The Morgan fingerprint density at radius 2 is 1.72 bits per heavy atom. The third kappa shape index (κ3) is 2.79. The van der Waals surface area contributed by atoms with Gasteiger partial charge in [0.15, 0.2) is 0 Å². The van der Waals surface area contributed by atoms with E-state index in [1.807, 2.05) is 7.11 Å². The summed E-state index contributed by atoms with van der Waals surface area (Å²) in [4.78, 5) is 2.52. The van der Waals surface area contributed by atoms with Gasteiger partial charge < -0.3 is 9.64 Å². The van der Waals surface area contributed by atoms with Crippen LogP contribution in [0.3, 0.4) is 0 Å². The summed E-state index contributed by atoms with van der Waals surface area (Å²) in [5.41, 5.74) is 1.21. The molecular weight excluding hydrogens is 290 g/mol. The third-order valence-electron chi connectivity index (χ3n) is 4.10. The highest BCUT2D eigenvalue weighted by Gasteiger charge is 2.36. The van der Waals surface area contributed by atoms with Gasteiger partial charge in [0, 0.05) is 30.7 Å². The Hall–Kier alpha value is -0.380. The lowest BCUT2D eigenvalue weighted by Crippen LogP contribution is -2.46. The summed E-state index contributed by atoms with van der Waals surface area (Å²) in [7, 11) is 1.84. The average Bonchev–Trinajstić information content (AvgIpc) is 2.39. The van der Waals surface area contributed by atoms with Gasteiger partial charge in [0.25, 0.3) is 0 Å². The van der Waals surface area contributed by atoms with Crippen LogP contribution in [0.15, 0.2) is 28.7 Å². The molecule has 0 spiro atoms. The largest absolute Gasteiger partial charge is 0.373 e. The fraction of sp³-hybridized carbons (Fsp3) is 0.600. The van der Waals surface area contributed by atoms with Gasteiger partial charge in [0.1, 0.15) is 0 Å². The Morgan fingerprint density at radius 3 is 2.17 bits per heavy atom. The van der Waals surface area contributed by atoms with Crippen molar-refractivity contribution in [3.63, 3.8) is 0 Å². The van der Waals surface area contributed by atoms with Crippen LogP contribution in [-0.4, -0.2) is 31.1 Å². The second-order valence-corrected chi connectivity index (χ2v) is 6.25. The molecule has 0 saturated carbocycles. The molecule has 0 aliphatic carbocycles. The molecule has 100 valence electrons. The highest BCUT2D eigenvalue weighted by molar-refractivity contribution is 9.10. The number of hydrogen-bond acceptors (Lipinski definition) is 2. The summed E-state index contributed by atoms with van der Waals surface area (Å²) in [6.45, 7) is 6.75. The quantitative estimate of drug-likeness (QED) is 0.842. The third-order valence-corrected chi connectivity index (χ3v) is 4.63. The number of ether oxygens (including phenoxy) is 1. The van der Waals surface area contributed by atoms with E-state index in [4.69, 9.17) is 4.74 Å². The summed E-state index contributed by atoms with van der Waals surface area (Å²) in [5, 5.41) is 0. The Bertz CT molecular complexity index is 380. The van der Waals surface area contributed by atoms with Crippen LogP contribution in [0.5, 0.6) is 0 Å². The fourth-order valence-electron chi connectivity index (χ4n) is 2.77. The minimum Gasteiger partial charge on any atom is -0.373 e. The first-order chi connectivity index (χ1) is 8.57. The lowest BCUT2D eigenvalue weighted by atomic mass is 9.84. The maximum atomic E-state index is 5.89. The second kappa shape index (κ2) is 5.72. The zero-order chi connectivity index (χ0) is 13.2. The first-order valence-electron chi connectivity index (χ1n) is 6.63. The van der Waals surface area contributed by atoms with Crippen molar-refractivity contribution in [1.29, 1.82) is 0 Å². The van der Waals surface area contributed by atoms with Gasteiger partial charge in [-0.3, -0.25) is 0 Å². The fourth-order valence-corrected chi connectivity index (χ4v) is 3.03. The van der Waals surface area contributed by atoms with Gasteiger partial charge in [-0.2, -0.15) is 0 Å². The zero-order valence-electron chi connectivity index (χ0n) is 11.4. The number of methoxy groups -OCH3 is 1. The molecule has 3 heteroatoms. The maximum absolute atomic E-state index is 5.89. The summed E-state index contributed by atoms with van der Waals surface area (Å²) in [6, 6.07) is 9.19. The average molecular weight is 312 g/mol. The van der Waals surface area contributed by atoms with Crippen LogP contribution in [0, 0.1) is 0 Å². The number of hydrogen-bond donors (Lipinski definition) is 0. The van der Waals surface area contributed by atoms with Crippen molar-refractivity contribution in [3.05, 3.63) is 34.3 Å². The Balaban J connectivity index is 2.16. The SMILES string of the molecule is COC1(c2ccc(Br)cc2)CCN(C(C)C)CC1. The lowest BCUT2D eigenvalue weighted by Gasteiger charge is -2.42. The molecule has 0 N–H and O–H groups in total. The van der Waals surface area contributed by atoms with Crippen molar-refractivity contribution >= 4 is 15.9 Å². The molecular formula is C15H22BrNO. The predicted octanol–water partition coefficient (Wildman–Crippen LogP) is 3.80. The number of nitrogens with zero attached hydrogens (tertiary/aromatic N) is 1. The van der Waals surface area contributed by atoms with Crippen molar-refractivity contribution in [2.75, 3.05) is 20.2 Å². The van der Waals surface area contributed by atoms with Crippen LogP contribution in [-0.2, 0) is 10.3 Å². The highest BCUT2D eigenvalue weighted by atomic mass is 79.9. The Kier molecular flexibility index (Phi) is 4.46. The van der Waals surface area contributed by atoms with Gasteiger partial charge in [0.2, 0.25) is 0 Å². The summed E-state index contributed by atoms with van der Waals surface area (Å²) < 4.78 is 7.01. The molecule has 1 aromatic carbocycles. The smallest absolute Gasteiger partial charge is 0.0951 e. The maximum Gasteiger partial charge on any atom is 0.0951 e. The highest BCUT2D eigenvalue weighted by Crippen LogP contribution is 2.37. The van der Waals surface area contributed by atoms with Crippen LogP contribution >= 0.6 is 15.9 Å². The first-order valence-corrected chi connectivity index (χ1v) is 7.42. The van der Waals surface area contributed by atoms with Gasteiger partial charge in [-0.05, 0) is 44.4 Å². The van der Waals surface area contributed by atoms with E-state index in [9.17, 15) is 0 Å². The van der Waals surface area contributed by atoms with E-state index in [1.54, 1.807) is 0 Å². The van der Waals surface area contributed by atoms with E-state index in [2.05, 4.69) is 58.9 Å². The Morgan fingerprint density at radius 1 is 1.17 bits per heavy atom. The molecule has 0 bridgehead atoms. The summed E-state index contributed by atoms with van der Waals surface area (Å²) in [5.74, 6) is 0. The van der Waals surface area contributed by atoms with Crippen LogP contribution in [0.1, 0.15) is 32.3 Å². The van der Waals surface area contributed by atoms with E-state index in [-0.39, 0.29) is 5.60 Å². The molecule has 1 aliphatic rings. The molecule has 2 rings (SSSR count). The van der Waals surface area contributed by atoms with Crippen molar-refractivity contribution in [3.8, 4) is 0 Å². The molecule has 1 fully saturated rings. The molecule has 0 radical (unpaired) electrons. The second-order valence-electron chi connectivity index (χ2n) is 5.34. The van der Waals surface area contributed by atoms with E-state index >= 15 is 0 Å². The molecule has 0 atom stereocenters. The monoisotopic (exact) mass is 311 g/mol. The van der Waals surface area contributed by atoms with Gasteiger partial charge >= 0.3 is 0 Å². The number of benzene rings is 1. The van der Waals surface area contributed by atoms with Crippen LogP contribution < -0.4 is 0 Å². The predicted molar refractivity (Wildman–Crippen MR) is 78.8 cm³/mol. The van der Waals surface area contributed by atoms with Gasteiger partial charge in [-0.1, -0.05) is 28.1 Å². The van der Waals surface area contributed by atoms with E-state index in [0.717, 1.165) is 30.4 Å². The van der Waals surface area contributed by atoms with Gasteiger partial charge in [-0.15, -0.1) is 0 Å². The van der Waals surface area contributed by atoms with Crippen molar-refractivity contribution in [2.24, 2.45) is 0 Å². The molecule has 18 heavy (non-hydrogen) atoms.